The highest BCUT2D eigenvalue weighted by molar-refractivity contribution is 7.80. The van der Waals surface area contributed by atoms with Crippen molar-refractivity contribution in [1.82, 2.24) is 14.9 Å². The molecule has 1 aliphatic heterocycles. The Morgan fingerprint density at radius 3 is 2.94 bits per heavy atom. The molecule has 5 nitrogen and oxygen atoms in total. The molecule has 1 atom stereocenters. The number of nitrogens with zero attached hydrogens (tertiary/aromatic N) is 3. The van der Waals surface area contributed by atoms with Crippen molar-refractivity contribution in [2.75, 3.05) is 25.0 Å². The highest BCUT2D eigenvalue weighted by Gasteiger charge is 2.17. The maximum atomic E-state index is 5.54. The molecular weight excluding hydrogens is 246 g/mol. The van der Waals surface area contributed by atoms with Gasteiger partial charge >= 0.3 is 0 Å². The van der Waals surface area contributed by atoms with Gasteiger partial charge in [0.15, 0.2) is 0 Å². The summed E-state index contributed by atoms with van der Waals surface area (Å²) < 4.78 is 0. The van der Waals surface area contributed by atoms with E-state index in [1.54, 1.807) is 12.3 Å². The lowest BCUT2D eigenvalue weighted by molar-refractivity contribution is 0.269. The van der Waals surface area contributed by atoms with Gasteiger partial charge in [-0.05, 0) is 38.9 Å². The van der Waals surface area contributed by atoms with Gasteiger partial charge in [0.1, 0.15) is 10.7 Å². The number of hydrogen-bond acceptors (Lipinski definition) is 5. The van der Waals surface area contributed by atoms with Crippen LogP contribution in [0.4, 0.5) is 5.95 Å². The number of aromatic nitrogens is 2. The summed E-state index contributed by atoms with van der Waals surface area (Å²) in [6, 6.07) is 2.21. The molecule has 1 aromatic heterocycles. The number of thiocarbonyl (C=S) groups is 1. The topological polar surface area (TPSA) is 67.1 Å². The van der Waals surface area contributed by atoms with Crippen LogP contribution in [0, 0.1) is 0 Å². The molecular formula is C12H19N5S. The van der Waals surface area contributed by atoms with Gasteiger partial charge in [0, 0.05) is 18.8 Å². The highest BCUT2D eigenvalue weighted by atomic mass is 32.1. The first kappa shape index (κ1) is 13.2. The molecule has 0 aliphatic carbocycles. The van der Waals surface area contributed by atoms with Gasteiger partial charge < -0.3 is 11.1 Å². The van der Waals surface area contributed by atoms with Crippen LogP contribution in [0.3, 0.4) is 0 Å². The third kappa shape index (κ3) is 3.36. The molecule has 3 N–H and O–H groups in total. The Morgan fingerprint density at radius 2 is 2.28 bits per heavy atom. The maximum absolute atomic E-state index is 5.54. The predicted molar refractivity (Wildman–Crippen MR) is 76.7 cm³/mol. The summed E-state index contributed by atoms with van der Waals surface area (Å²) in [5, 5.41) is 3.24. The third-order valence-corrected chi connectivity index (χ3v) is 3.44. The second-order valence-corrected chi connectivity index (χ2v) is 5.04. The number of nitrogens with two attached hydrogens (primary N) is 1. The summed E-state index contributed by atoms with van der Waals surface area (Å²) in [6.45, 7) is 5.43. The van der Waals surface area contributed by atoms with E-state index in [2.05, 4.69) is 27.1 Å². The Morgan fingerprint density at radius 1 is 1.56 bits per heavy atom. The average molecular weight is 265 g/mol. The molecule has 0 radical (unpaired) electrons. The number of anilines is 1. The zero-order valence-corrected chi connectivity index (χ0v) is 11.4. The largest absolute Gasteiger partial charge is 0.388 e. The first-order valence-electron chi connectivity index (χ1n) is 6.27. The van der Waals surface area contributed by atoms with E-state index in [-0.39, 0.29) is 0 Å². The molecule has 1 unspecified atom stereocenters. The smallest absolute Gasteiger partial charge is 0.223 e. The Balaban J connectivity index is 1.89. The van der Waals surface area contributed by atoms with Crippen molar-refractivity contribution in [3.05, 3.63) is 18.0 Å². The lowest BCUT2D eigenvalue weighted by Gasteiger charge is -2.23. The quantitative estimate of drug-likeness (QED) is 0.775. The Labute approximate surface area is 113 Å². The molecule has 98 valence electrons. The Kier molecular flexibility index (Phi) is 4.43. The summed E-state index contributed by atoms with van der Waals surface area (Å²) in [5.41, 5.74) is 6.15. The van der Waals surface area contributed by atoms with Crippen LogP contribution in [0.5, 0.6) is 0 Å². The van der Waals surface area contributed by atoms with Crippen LogP contribution in [0.15, 0.2) is 12.3 Å². The number of rotatable bonds is 5. The van der Waals surface area contributed by atoms with E-state index >= 15 is 0 Å². The predicted octanol–water partition coefficient (Wildman–Crippen LogP) is 1.01. The fraction of sp³-hybridized carbons (Fsp3) is 0.583. The number of nitrogens with one attached hydrogen (secondary N) is 1. The number of likely N-dealkylation sites (tertiary alicyclic amines) is 1. The van der Waals surface area contributed by atoms with E-state index < -0.39 is 0 Å². The summed E-state index contributed by atoms with van der Waals surface area (Å²) in [5.74, 6) is 0.589. The van der Waals surface area contributed by atoms with Gasteiger partial charge in [-0.1, -0.05) is 12.2 Å². The molecule has 2 heterocycles. The van der Waals surface area contributed by atoms with Crippen molar-refractivity contribution >= 4 is 23.2 Å². The molecule has 0 spiro atoms. The third-order valence-electron chi connectivity index (χ3n) is 3.23. The fourth-order valence-corrected chi connectivity index (χ4v) is 2.25. The van der Waals surface area contributed by atoms with E-state index in [0.717, 1.165) is 6.54 Å². The molecule has 1 saturated heterocycles. The molecule has 18 heavy (non-hydrogen) atoms. The van der Waals surface area contributed by atoms with Gasteiger partial charge in [-0.2, -0.15) is 0 Å². The molecule has 0 amide bonds. The van der Waals surface area contributed by atoms with Crippen LogP contribution < -0.4 is 11.1 Å². The van der Waals surface area contributed by atoms with Crippen LogP contribution in [-0.2, 0) is 0 Å². The molecule has 0 bridgehead atoms. The first-order chi connectivity index (χ1) is 8.66. The lowest BCUT2D eigenvalue weighted by atomic mass is 10.3. The fourth-order valence-electron chi connectivity index (χ4n) is 2.13. The maximum Gasteiger partial charge on any atom is 0.223 e. The van der Waals surface area contributed by atoms with Gasteiger partial charge in [0.25, 0.3) is 0 Å². The SMILES string of the molecule is CC(CNc1nccc(C(N)=S)n1)N1CCCC1. The molecule has 1 fully saturated rings. The Bertz CT molecular complexity index is 417. The minimum absolute atomic E-state index is 0.299. The first-order valence-corrected chi connectivity index (χ1v) is 6.68. The standard InChI is InChI=1S/C12H19N5S/c1-9(17-6-2-3-7-17)8-15-12-14-5-4-10(16-12)11(13)18/h4-5,9H,2-3,6-8H2,1H3,(H2,13,18)(H,14,15,16). The lowest BCUT2D eigenvalue weighted by Crippen LogP contribution is -2.35. The minimum Gasteiger partial charge on any atom is -0.388 e. The van der Waals surface area contributed by atoms with Crippen LogP contribution in [-0.4, -0.2) is 45.5 Å². The summed E-state index contributed by atoms with van der Waals surface area (Å²) >= 11 is 4.90. The van der Waals surface area contributed by atoms with Crippen LogP contribution in [0.2, 0.25) is 0 Å². The summed E-state index contributed by atoms with van der Waals surface area (Å²) in [6.07, 6.45) is 4.28. The van der Waals surface area contributed by atoms with Gasteiger partial charge in [0.2, 0.25) is 5.95 Å². The van der Waals surface area contributed by atoms with Crippen LogP contribution >= 0.6 is 12.2 Å². The minimum atomic E-state index is 0.299. The highest BCUT2D eigenvalue weighted by Crippen LogP contribution is 2.11. The van der Waals surface area contributed by atoms with Gasteiger partial charge in [-0.25, -0.2) is 9.97 Å². The van der Waals surface area contributed by atoms with E-state index in [9.17, 15) is 0 Å². The molecule has 2 rings (SSSR count). The van der Waals surface area contributed by atoms with Crippen LogP contribution in [0.1, 0.15) is 25.5 Å². The van der Waals surface area contributed by atoms with E-state index in [1.807, 2.05) is 0 Å². The van der Waals surface area contributed by atoms with E-state index in [4.69, 9.17) is 18.0 Å². The van der Waals surface area contributed by atoms with Gasteiger partial charge in [-0.15, -0.1) is 0 Å². The molecule has 1 aliphatic rings. The van der Waals surface area contributed by atoms with Crippen molar-refractivity contribution < 1.29 is 0 Å². The van der Waals surface area contributed by atoms with Crippen molar-refractivity contribution in [3.63, 3.8) is 0 Å². The summed E-state index contributed by atoms with van der Waals surface area (Å²) in [7, 11) is 0. The van der Waals surface area contributed by atoms with E-state index in [1.165, 1.54) is 25.9 Å². The van der Waals surface area contributed by atoms with E-state index in [0.29, 0.717) is 22.7 Å². The van der Waals surface area contributed by atoms with Crippen molar-refractivity contribution in [3.8, 4) is 0 Å². The zero-order chi connectivity index (χ0) is 13.0. The van der Waals surface area contributed by atoms with Crippen molar-refractivity contribution in [2.45, 2.75) is 25.8 Å². The van der Waals surface area contributed by atoms with Crippen LogP contribution in [0.25, 0.3) is 0 Å². The van der Waals surface area contributed by atoms with Gasteiger partial charge in [-0.3, -0.25) is 4.90 Å². The normalized spacial score (nSPS) is 17.6. The number of hydrogen-bond donors (Lipinski definition) is 2. The zero-order valence-electron chi connectivity index (χ0n) is 10.6. The molecule has 6 heteroatoms. The molecule has 1 aromatic rings. The second-order valence-electron chi connectivity index (χ2n) is 4.60. The average Bonchev–Trinajstić information content (AvgIpc) is 2.90. The summed E-state index contributed by atoms with van der Waals surface area (Å²) in [4.78, 5) is 11.2. The van der Waals surface area contributed by atoms with Crippen molar-refractivity contribution in [2.24, 2.45) is 5.73 Å². The Hall–Kier alpha value is -1.27. The van der Waals surface area contributed by atoms with Crippen molar-refractivity contribution in [1.29, 1.82) is 0 Å². The monoisotopic (exact) mass is 265 g/mol. The van der Waals surface area contributed by atoms with Gasteiger partial charge in [0.05, 0.1) is 0 Å². The second kappa shape index (κ2) is 6.06. The molecule has 0 aromatic carbocycles. The molecule has 0 saturated carbocycles.